The highest BCUT2D eigenvalue weighted by molar-refractivity contribution is 6.30. The fourth-order valence-electron chi connectivity index (χ4n) is 3.73. The van der Waals surface area contributed by atoms with Crippen molar-refractivity contribution >= 4 is 23.1 Å². The molecule has 0 unspecified atom stereocenters. The number of aromatic amines is 1. The molecule has 0 spiro atoms. The van der Waals surface area contributed by atoms with Gasteiger partial charge in [0.2, 0.25) is 0 Å². The standard InChI is InChI=1S/C22H23ClN4O4/c1-2-26(11-15-8-17(23)9-16-12-30-13-31-19(15)16)18-20(24)27(22(29)25-21(18)28)10-14-6-4-3-5-7-14/h3-9H,2,10-13,24H2,1H3,(H,25,28,29). The Labute approximate surface area is 183 Å². The summed E-state index contributed by atoms with van der Waals surface area (Å²) in [6.45, 7) is 3.52. The highest BCUT2D eigenvalue weighted by Crippen LogP contribution is 2.33. The predicted molar refractivity (Wildman–Crippen MR) is 120 cm³/mol. The van der Waals surface area contributed by atoms with Crippen LogP contribution in [0.15, 0.2) is 52.1 Å². The summed E-state index contributed by atoms with van der Waals surface area (Å²) in [5.41, 5.74) is 8.06. The van der Waals surface area contributed by atoms with Gasteiger partial charge in [-0.05, 0) is 24.6 Å². The number of anilines is 2. The first-order valence-electron chi connectivity index (χ1n) is 9.91. The number of hydrogen-bond donors (Lipinski definition) is 2. The predicted octanol–water partition coefficient (Wildman–Crippen LogP) is 2.71. The van der Waals surface area contributed by atoms with Crippen molar-refractivity contribution in [3.8, 4) is 5.75 Å². The summed E-state index contributed by atoms with van der Waals surface area (Å²) in [6, 6.07) is 13.1. The van der Waals surface area contributed by atoms with Crippen LogP contribution in [0.3, 0.4) is 0 Å². The normalized spacial score (nSPS) is 12.8. The van der Waals surface area contributed by atoms with Crippen molar-refractivity contribution in [1.29, 1.82) is 0 Å². The zero-order chi connectivity index (χ0) is 22.0. The minimum Gasteiger partial charge on any atom is -0.467 e. The van der Waals surface area contributed by atoms with Gasteiger partial charge in [0.25, 0.3) is 5.56 Å². The molecular formula is C22H23ClN4O4. The van der Waals surface area contributed by atoms with Crippen molar-refractivity contribution in [2.24, 2.45) is 0 Å². The number of halogens is 1. The number of aromatic nitrogens is 2. The Morgan fingerprint density at radius 2 is 2.00 bits per heavy atom. The highest BCUT2D eigenvalue weighted by Gasteiger charge is 2.22. The van der Waals surface area contributed by atoms with Crippen LogP contribution < -0.4 is 26.6 Å². The van der Waals surface area contributed by atoms with Gasteiger partial charge >= 0.3 is 5.69 Å². The maximum atomic E-state index is 12.7. The van der Waals surface area contributed by atoms with Crippen molar-refractivity contribution in [1.82, 2.24) is 9.55 Å². The van der Waals surface area contributed by atoms with Gasteiger partial charge in [-0.3, -0.25) is 14.3 Å². The lowest BCUT2D eigenvalue weighted by Crippen LogP contribution is -2.38. The molecule has 0 aliphatic carbocycles. The fraction of sp³-hybridized carbons (Fsp3) is 0.273. The Balaban J connectivity index is 1.74. The Hall–Kier alpha value is -3.23. The van der Waals surface area contributed by atoms with E-state index >= 15 is 0 Å². The second-order valence-corrected chi connectivity index (χ2v) is 7.68. The first-order chi connectivity index (χ1) is 15.0. The average molecular weight is 443 g/mol. The molecule has 9 heteroatoms. The topological polar surface area (TPSA) is 103 Å². The van der Waals surface area contributed by atoms with Crippen molar-refractivity contribution in [2.45, 2.75) is 26.6 Å². The maximum absolute atomic E-state index is 12.7. The second-order valence-electron chi connectivity index (χ2n) is 7.24. The van der Waals surface area contributed by atoms with Crippen LogP contribution in [-0.2, 0) is 24.4 Å². The number of hydrogen-bond acceptors (Lipinski definition) is 6. The van der Waals surface area contributed by atoms with Gasteiger partial charge in [0, 0.05) is 29.2 Å². The molecule has 0 radical (unpaired) electrons. The van der Waals surface area contributed by atoms with Crippen molar-refractivity contribution in [2.75, 3.05) is 24.0 Å². The number of rotatable bonds is 6. The van der Waals surface area contributed by atoms with Gasteiger partial charge in [0.15, 0.2) is 6.79 Å². The van der Waals surface area contributed by atoms with E-state index in [2.05, 4.69) is 4.98 Å². The Bertz CT molecular complexity index is 1210. The zero-order valence-corrected chi connectivity index (χ0v) is 17.8. The summed E-state index contributed by atoms with van der Waals surface area (Å²) in [5, 5.41) is 0.551. The summed E-state index contributed by atoms with van der Waals surface area (Å²) in [4.78, 5) is 29.4. The second kappa shape index (κ2) is 8.87. The van der Waals surface area contributed by atoms with Crippen LogP contribution in [0.1, 0.15) is 23.6 Å². The van der Waals surface area contributed by atoms with Gasteiger partial charge in [0.05, 0.1) is 13.2 Å². The molecular weight excluding hydrogens is 420 g/mol. The lowest BCUT2D eigenvalue weighted by molar-refractivity contribution is -0.0170. The van der Waals surface area contributed by atoms with Crippen LogP contribution in [0, 0.1) is 0 Å². The largest absolute Gasteiger partial charge is 0.467 e. The Morgan fingerprint density at radius 1 is 1.23 bits per heavy atom. The molecule has 1 aliphatic heterocycles. The fourth-order valence-corrected chi connectivity index (χ4v) is 4.00. The van der Waals surface area contributed by atoms with E-state index in [1.807, 2.05) is 37.3 Å². The summed E-state index contributed by atoms with van der Waals surface area (Å²) in [7, 11) is 0. The lowest BCUT2D eigenvalue weighted by atomic mass is 10.1. The third kappa shape index (κ3) is 4.30. The Kier molecular flexibility index (Phi) is 6.01. The van der Waals surface area contributed by atoms with E-state index in [4.69, 9.17) is 26.8 Å². The average Bonchev–Trinajstić information content (AvgIpc) is 2.76. The van der Waals surface area contributed by atoms with Crippen LogP contribution >= 0.6 is 11.6 Å². The smallest absolute Gasteiger partial charge is 0.330 e. The van der Waals surface area contributed by atoms with E-state index in [0.29, 0.717) is 30.5 Å². The third-order valence-electron chi connectivity index (χ3n) is 5.21. The molecule has 4 rings (SSSR count). The summed E-state index contributed by atoms with van der Waals surface area (Å²) < 4.78 is 12.4. The molecule has 1 aliphatic rings. The first kappa shape index (κ1) is 21.0. The number of nitrogens with one attached hydrogen (secondary N) is 1. The third-order valence-corrected chi connectivity index (χ3v) is 5.43. The zero-order valence-electron chi connectivity index (χ0n) is 17.1. The van der Waals surface area contributed by atoms with Crippen LogP contribution in [0.2, 0.25) is 5.02 Å². The summed E-state index contributed by atoms with van der Waals surface area (Å²) in [5.74, 6) is 0.807. The number of nitrogens with zero attached hydrogens (tertiary/aromatic N) is 2. The molecule has 1 aromatic heterocycles. The molecule has 31 heavy (non-hydrogen) atoms. The lowest BCUT2D eigenvalue weighted by Gasteiger charge is -2.27. The highest BCUT2D eigenvalue weighted by atomic mass is 35.5. The van der Waals surface area contributed by atoms with Gasteiger partial charge < -0.3 is 20.1 Å². The van der Waals surface area contributed by atoms with Crippen LogP contribution in [0.5, 0.6) is 5.75 Å². The SMILES string of the molecule is CCN(Cc1cc(Cl)cc2c1OCOC2)c1c(N)n(Cc2ccccc2)c(=O)[nH]c1=O. The van der Waals surface area contributed by atoms with Crippen molar-refractivity contribution in [3.63, 3.8) is 0 Å². The molecule has 8 nitrogen and oxygen atoms in total. The van der Waals surface area contributed by atoms with Crippen LogP contribution in [-0.4, -0.2) is 22.9 Å². The molecule has 2 aromatic carbocycles. The molecule has 0 bridgehead atoms. The van der Waals surface area contributed by atoms with Gasteiger partial charge in [-0.25, -0.2) is 4.79 Å². The van der Waals surface area contributed by atoms with E-state index < -0.39 is 11.2 Å². The number of benzene rings is 2. The van der Waals surface area contributed by atoms with E-state index in [1.54, 1.807) is 17.0 Å². The number of nitrogen functional groups attached to an aromatic ring is 1. The molecule has 162 valence electrons. The molecule has 3 aromatic rings. The van der Waals surface area contributed by atoms with E-state index in [0.717, 1.165) is 16.7 Å². The number of H-pyrrole nitrogens is 1. The Morgan fingerprint density at radius 3 is 2.74 bits per heavy atom. The molecule has 2 heterocycles. The van der Waals surface area contributed by atoms with E-state index in [1.165, 1.54) is 4.57 Å². The molecule has 0 fully saturated rings. The monoisotopic (exact) mass is 442 g/mol. The van der Waals surface area contributed by atoms with Gasteiger partial charge in [-0.1, -0.05) is 41.9 Å². The van der Waals surface area contributed by atoms with Crippen molar-refractivity contribution < 1.29 is 9.47 Å². The summed E-state index contributed by atoms with van der Waals surface area (Å²) >= 11 is 6.29. The minimum absolute atomic E-state index is 0.111. The summed E-state index contributed by atoms with van der Waals surface area (Å²) in [6.07, 6.45) is 0. The number of fused-ring (bicyclic) bond motifs is 1. The first-order valence-corrected chi connectivity index (χ1v) is 10.3. The minimum atomic E-state index is -0.549. The molecule has 0 saturated heterocycles. The quantitative estimate of drug-likeness (QED) is 0.608. The molecule has 0 atom stereocenters. The van der Waals surface area contributed by atoms with Gasteiger partial charge in [-0.15, -0.1) is 0 Å². The van der Waals surface area contributed by atoms with Gasteiger partial charge in [0.1, 0.15) is 17.3 Å². The van der Waals surface area contributed by atoms with Crippen LogP contribution in [0.4, 0.5) is 11.5 Å². The number of ether oxygens (including phenoxy) is 2. The van der Waals surface area contributed by atoms with E-state index in [-0.39, 0.29) is 24.8 Å². The van der Waals surface area contributed by atoms with Crippen LogP contribution in [0.25, 0.3) is 0 Å². The molecule has 0 amide bonds. The molecule has 0 saturated carbocycles. The maximum Gasteiger partial charge on any atom is 0.330 e. The molecule has 3 N–H and O–H groups in total. The number of nitrogens with two attached hydrogens (primary N) is 1. The van der Waals surface area contributed by atoms with Crippen molar-refractivity contribution in [3.05, 3.63) is 85.0 Å². The van der Waals surface area contributed by atoms with Gasteiger partial charge in [-0.2, -0.15) is 0 Å². The van der Waals surface area contributed by atoms with E-state index in [9.17, 15) is 9.59 Å².